The van der Waals surface area contributed by atoms with E-state index in [0.29, 0.717) is 11.7 Å². The first kappa shape index (κ1) is 17.6. The first-order valence-electron chi connectivity index (χ1n) is 7.14. The second kappa shape index (κ2) is 8.73. The Hall–Kier alpha value is -0.480. The van der Waals surface area contributed by atoms with Crippen molar-refractivity contribution in [1.29, 1.82) is 0 Å². The molecule has 0 unspecified atom stereocenters. The highest BCUT2D eigenvalue weighted by atomic mass is 79.9. The molecule has 0 aliphatic rings. The number of nitrogens with one attached hydrogen (secondary N) is 1. The van der Waals surface area contributed by atoms with Gasteiger partial charge in [0.1, 0.15) is 0 Å². The second-order valence-corrected chi connectivity index (χ2v) is 7.01. The van der Waals surface area contributed by atoms with Gasteiger partial charge in [-0.15, -0.1) is 11.8 Å². The highest BCUT2D eigenvalue weighted by Crippen LogP contribution is 2.28. The topological polar surface area (TPSA) is 29.1 Å². The Balaban J connectivity index is 2.47. The second-order valence-electron chi connectivity index (χ2n) is 5.14. The van der Waals surface area contributed by atoms with Crippen LogP contribution in [0.25, 0.3) is 0 Å². The molecule has 1 aromatic rings. The summed E-state index contributed by atoms with van der Waals surface area (Å²) < 4.78 is 1.12. The summed E-state index contributed by atoms with van der Waals surface area (Å²) in [6, 6.07) is 4.25. The summed E-state index contributed by atoms with van der Waals surface area (Å²) in [5.41, 5.74) is 2.41. The molecule has 1 rings (SSSR count). The van der Waals surface area contributed by atoms with Crippen LogP contribution >= 0.6 is 27.7 Å². The molecule has 0 heterocycles. The molecule has 0 fully saturated rings. The molecule has 0 bridgehead atoms. The molecular formula is C16H24BrNOS. The third kappa shape index (κ3) is 5.49. The van der Waals surface area contributed by atoms with E-state index in [-0.39, 0.29) is 5.91 Å². The molecular weight excluding hydrogens is 334 g/mol. The zero-order valence-electron chi connectivity index (χ0n) is 12.8. The molecule has 0 saturated heterocycles. The van der Waals surface area contributed by atoms with E-state index in [4.69, 9.17) is 0 Å². The smallest absolute Gasteiger partial charge is 0.230 e. The van der Waals surface area contributed by atoms with Crippen molar-refractivity contribution in [3.05, 3.63) is 27.7 Å². The van der Waals surface area contributed by atoms with E-state index in [9.17, 15) is 4.79 Å². The van der Waals surface area contributed by atoms with E-state index in [1.807, 2.05) is 0 Å². The standard InChI is InChI=1S/C16H24BrNOS/c1-5-13(6-2)9-18-16(19)10-20-15-8-11(3)14(17)7-12(15)4/h7-8,13H,5-6,9-10H2,1-4H3,(H,18,19). The molecule has 20 heavy (non-hydrogen) atoms. The van der Waals surface area contributed by atoms with Crippen molar-refractivity contribution in [2.75, 3.05) is 12.3 Å². The van der Waals surface area contributed by atoms with E-state index in [2.05, 4.69) is 61.1 Å². The highest BCUT2D eigenvalue weighted by molar-refractivity contribution is 9.10. The van der Waals surface area contributed by atoms with Crippen LogP contribution in [0.3, 0.4) is 0 Å². The van der Waals surface area contributed by atoms with Crippen molar-refractivity contribution in [2.24, 2.45) is 5.92 Å². The zero-order valence-corrected chi connectivity index (χ0v) is 15.2. The number of hydrogen-bond acceptors (Lipinski definition) is 2. The molecule has 1 N–H and O–H groups in total. The number of carbonyl (C=O) groups excluding carboxylic acids is 1. The van der Waals surface area contributed by atoms with Crippen LogP contribution in [0.2, 0.25) is 0 Å². The van der Waals surface area contributed by atoms with Gasteiger partial charge in [0.05, 0.1) is 5.75 Å². The van der Waals surface area contributed by atoms with Crippen LogP contribution in [0.5, 0.6) is 0 Å². The van der Waals surface area contributed by atoms with E-state index in [1.165, 1.54) is 16.0 Å². The van der Waals surface area contributed by atoms with Crippen molar-refractivity contribution in [2.45, 2.75) is 45.4 Å². The normalized spacial score (nSPS) is 10.9. The largest absolute Gasteiger partial charge is 0.355 e. The van der Waals surface area contributed by atoms with Gasteiger partial charge in [-0.05, 0) is 43.0 Å². The van der Waals surface area contributed by atoms with Gasteiger partial charge in [0.2, 0.25) is 5.91 Å². The van der Waals surface area contributed by atoms with E-state index >= 15 is 0 Å². The number of amides is 1. The summed E-state index contributed by atoms with van der Waals surface area (Å²) in [6.45, 7) is 9.28. The Morgan fingerprint density at radius 1 is 1.25 bits per heavy atom. The minimum absolute atomic E-state index is 0.127. The van der Waals surface area contributed by atoms with Crippen molar-refractivity contribution < 1.29 is 4.79 Å². The summed E-state index contributed by atoms with van der Waals surface area (Å²) in [4.78, 5) is 13.1. The Kier molecular flexibility index (Phi) is 7.67. The lowest BCUT2D eigenvalue weighted by Gasteiger charge is -2.13. The van der Waals surface area contributed by atoms with Gasteiger partial charge in [-0.2, -0.15) is 0 Å². The molecule has 0 aliphatic heterocycles. The van der Waals surface area contributed by atoms with Crippen molar-refractivity contribution >= 4 is 33.6 Å². The van der Waals surface area contributed by atoms with Gasteiger partial charge in [-0.1, -0.05) is 42.6 Å². The maximum atomic E-state index is 11.9. The van der Waals surface area contributed by atoms with Crippen LogP contribution in [0.15, 0.2) is 21.5 Å². The van der Waals surface area contributed by atoms with E-state index in [1.54, 1.807) is 11.8 Å². The lowest BCUT2D eigenvalue weighted by Crippen LogP contribution is -2.30. The lowest BCUT2D eigenvalue weighted by molar-refractivity contribution is -0.118. The van der Waals surface area contributed by atoms with Crippen molar-refractivity contribution in [1.82, 2.24) is 5.32 Å². The molecule has 0 radical (unpaired) electrons. The van der Waals surface area contributed by atoms with Gasteiger partial charge < -0.3 is 5.32 Å². The Labute approximate surface area is 135 Å². The number of hydrogen-bond donors (Lipinski definition) is 1. The summed E-state index contributed by atoms with van der Waals surface area (Å²) in [6.07, 6.45) is 2.24. The average molecular weight is 358 g/mol. The van der Waals surface area contributed by atoms with Crippen LogP contribution in [-0.4, -0.2) is 18.2 Å². The van der Waals surface area contributed by atoms with Gasteiger partial charge in [0, 0.05) is 15.9 Å². The Bertz CT molecular complexity index is 458. The first-order valence-corrected chi connectivity index (χ1v) is 8.92. The summed E-state index contributed by atoms with van der Waals surface area (Å²) in [5.74, 6) is 1.21. The van der Waals surface area contributed by atoms with Gasteiger partial charge in [-0.3, -0.25) is 4.79 Å². The summed E-state index contributed by atoms with van der Waals surface area (Å²) in [5, 5.41) is 3.03. The molecule has 0 aromatic heterocycles. The Morgan fingerprint density at radius 2 is 1.90 bits per heavy atom. The minimum Gasteiger partial charge on any atom is -0.355 e. The van der Waals surface area contributed by atoms with Gasteiger partial charge >= 0.3 is 0 Å². The maximum Gasteiger partial charge on any atom is 0.230 e. The fraction of sp³-hybridized carbons (Fsp3) is 0.562. The van der Waals surface area contributed by atoms with Gasteiger partial charge in [0.25, 0.3) is 0 Å². The molecule has 1 aromatic carbocycles. The quantitative estimate of drug-likeness (QED) is 0.715. The molecule has 1 amide bonds. The van der Waals surface area contributed by atoms with E-state index in [0.717, 1.165) is 23.9 Å². The number of rotatable bonds is 7. The van der Waals surface area contributed by atoms with Gasteiger partial charge in [0.15, 0.2) is 0 Å². The zero-order chi connectivity index (χ0) is 15.1. The Morgan fingerprint density at radius 3 is 2.50 bits per heavy atom. The molecule has 0 atom stereocenters. The third-order valence-electron chi connectivity index (χ3n) is 3.56. The molecule has 0 saturated carbocycles. The maximum absolute atomic E-state index is 11.9. The van der Waals surface area contributed by atoms with Crippen LogP contribution < -0.4 is 5.32 Å². The first-order chi connectivity index (χ1) is 9.47. The molecule has 4 heteroatoms. The number of aryl methyl sites for hydroxylation is 2. The number of benzene rings is 1. The summed E-state index contributed by atoms with van der Waals surface area (Å²) in [7, 11) is 0. The molecule has 112 valence electrons. The van der Waals surface area contributed by atoms with Gasteiger partial charge in [-0.25, -0.2) is 0 Å². The fourth-order valence-corrected chi connectivity index (χ4v) is 3.33. The lowest BCUT2D eigenvalue weighted by atomic mass is 10.0. The molecule has 0 spiro atoms. The van der Waals surface area contributed by atoms with Crippen LogP contribution in [0, 0.1) is 19.8 Å². The van der Waals surface area contributed by atoms with Crippen molar-refractivity contribution in [3.8, 4) is 0 Å². The fourth-order valence-electron chi connectivity index (χ4n) is 1.94. The van der Waals surface area contributed by atoms with Crippen molar-refractivity contribution in [3.63, 3.8) is 0 Å². The minimum atomic E-state index is 0.127. The summed E-state index contributed by atoms with van der Waals surface area (Å²) >= 11 is 5.14. The average Bonchev–Trinajstić information content (AvgIpc) is 2.42. The predicted molar refractivity (Wildman–Crippen MR) is 91.4 cm³/mol. The number of carbonyl (C=O) groups is 1. The monoisotopic (exact) mass is 357 g/mol. The van der Waals surface area contributed by atoms with Crippen LogP contribution in [0.1, 0.15) is 37.8 Å². The highest BCUT2D eigenvalue weighted by Gasteiger charge is 2.09. The molecule has 2 nitrogen and oxygen atoms in total. The predicted octanol–water partition coefficient (Wildman–Crippen LogP) is 4.71. The van der Waals surface area contributed by atoms with E-state index < -0.39 is 0 Å². The van der Waals surface area contributed by atoms with Crippen LogP contribution in [0.4, 0.5) is 0 Å². The number of halogens is 1. The third-order valence-corrected chi connectivity index (χ3v) is 5.57. The molecule has 0 aliphatic carbocycles. The SMILES string of the molecule is CCC(CC)CNC(=O)CSc1cc(C)c(Br)cc1C. The number of thioether (sulfide) groups is 1. The van der Waals surface area contributed by atoms with Crippen LogP contribution in [-0.2, 0) is 4.79 Å².